The van der Waals surface area contributed by atoms with Crippen molar-refractivity contribution in [2.75, 3.05) is 26.2 Å². The van der Waals surface area contributed by atoms with Crippen LogP contribution in [0.25, 0.3) is 0 Å². The lowest BCUT2D eigenvalue weighted by Gasteiger charge is -2.35. The van der Waals surface area contributed by atoms with E-state index in [1.165, 1.54) is 12.1 Å². The van der Waals surface area contributed by atoms with Gasteiger partial charge in [-0.3, -0.25) is 15.0 Å². The van der Waals surface area contributed by atoms with Crippen LogP contribution in [0.15, 0.2) is 24.3 Å². The summed E-state index contributed by atoms with van der Waals surface area (Å²) in [5.41, 5.74) is 0.242. The summed E-state index contributed by atoms with van der Waals surface area (Å²) in [4.78, 5) is 12.5. The summed E-state index contributed by atoms with van der Waals surface area (Å²) in [6, 6.07) is 5.47. The molecule has 0 spiro atoms. The Balaban J connectivity index is 0.00000264. The lowest BCUT2D eigenvalue weighted by Crippen LogP contribution is -2.45. The highest BCUT2D eigenvalue weighted by Crippen LogP contribution is 2.35. The van der Waals surface area contributed by atoms with Crippen molar-refractivity contribution in [3.8, 4) is 0 Å². The normalized spacial score (nSPS) is 16.6. The molecule has 0 bridgehead atoms. The van der Waals surface area contributed by atoms with Crippen LogP contribution >= 0.6 is 24.8 Å². The summed E-state index contributed by atoms with van der Waals surface area (Å²) < 4.78 is 37.8. The van der Waals surface area contributed by atoms with Crippen LogP contribution in [-0.4, -0.2) is 42.2 Å². The average molecular weight is 390 g/mol. The average Bonchev–Trinajstić information content (AvgIpc) is 2.48. The molecule has 0 aromatic heterocycles. The van der Waals surface area contributed by atoms with Gasteiger partial charge in [0.15, 0.2) is 0 Å². The molecular formula is C14H20Cl2F3N3O2. The van der Waals surface area contributed by atoms with Gasteiger partial charge in [-0.2, -0.15) is 13.2 Å². The number of piperazine rings is 1. The number of para-hydroxylation sites is 1. The van der Waals surface area contributed by atoms with Gasteiger partial charge in [-0.25, -0.2) is 0 Å². The van der Waals surface area contributed by atoms with E-state index in [4.69, 9.17) is 0 Å². The van der Waals surface area contributed by atoms with E-state index < -0.39 is 23.6 Å². The van der Waals surface area contributed by atoms with Crippen molar-refractivity contribution >= 4 is 30.5 Å². The van der Waals surface area contributed by atoms with Crippen molar-refractivity contribution in [1.29, 1.82) is 0 Å². The molecular weight excluding hydrogens is 370 g/mol. The molecule has 0 unspecified atom stereocenters. The molecule has 0 aliphatic carbocycles. The predicted molar refractivity (Wildman–Crippen MR) is 90.1 cm³/mol. The third-order valence-electron chi connectivity index (χ3n) is 3.79. The first-order valence-corrected chi connectivity index (χ1v) is 7.13. The number of nitrogens with one attached hydrogen (secondary N) is 1. The number of hydrogen-bond donors (Lipinski definition) is 1. The maximum absolute atomic E-state index is 12.6. The molecule has 138 valence electrons. The highest BCUT2D eigenvalue weighted by atomic mass is 35.5. The van der Waals surface area contributed by atoms with Gasteiger partial charge in [0, 0.05) is 50.3 Å². The van der Waals surface area contributed by atoms with Gasteiger partial charge in [-0.05, 0) is 6.42 Å². The first-order valence-electron chi connectivity index (χ1n) is 7.13. The van der Waals surface area contributed by atoms with E-state index >= 15 is 0 Å². The second-order valence-electron chi connectivity index (χ2n) is 5.27. The van der Waals surface area contributed by atoms with Crippen LogP contribution in [0.3, 0.4) is 0 Å². The van der Waals surface area contributed by atoms with Crippen LogP contribution < -0.4 is 5.32 Å². The van der Waals surface area contributed by atoms with Gasteiger partial charge in [0.25, 0.3) is 5.69 Å². The van der Waals surface area contributed by atoms with E-state index in [0.717, 1.165) is 0 Å². The molecule has 1 atom stereocenters. The number of rotatable bonds is 5. The third-order valence-corrected chi connectivity index (χ3v) is 3.79. The molecule has 0 amide bonds. The molecule has 1 fully saturated rings. The smallest absolute Gasteiger partial charge is 0.314 e. The summed E-state index contributed by atoms with van der Waals surface area (Å²) in [5, 5.41) is 14.3. The molecule has 0 radical (unpaired) electrons. The number of halogens is 5. The van der Waals surface area contributed by atoms with Crippen LogP contribution in [0.2, 0.25) is 0 Å². The molecule has 1 aromatic rings. The zero-order valence-corrected chi connectivity index (χ0v) is 14.4. The Hall–Kier alpha value is -1.09. The van der Waals surface area contributed by atoms with E-state index in [1.54, 1.807) is 12.1 Å². The zero-order chi connectivity index (χ0) is 16.2. The Kier molecular flexibility index (Phi) is 9.57. The van der Waals surface area contributed by atoms with E-state index in [9.17, 15) is 23.3 Å². The second kappa shape index (κ2) is 10.0. The second-order valence-corrected chi connectivity index (χ2v) is 5.27. The molecule has 1 aliphatic heterocycles. The lowest BCUT2D eigenvalue weighted by atomic mass is 9.97. The van der Waals surface area contributed by atoms with Gasteiger partial charge in [-0.15, -0.1) is 24.8 Å². The maximum atomic E-state index is 12.6. The molecule has 1 aliphatic rings. The van der Waals surface area contributed by atoms with E-state index in [0.29, 0.717) is 31.7 Å². The molecule has 1 N–H and O–H groups in total. The SMILES string of the molecule is Cl.Cl.O=[N+]([O-])c1ccccc1[C@@H](CCC(F)(F)F)N1CCNCC1. The number of nitro benzene ring substituents is 1. The van der Waals surface area contributed by atoms with Crippen LogP contribution in [0, 0.1) is 10.1 Å². The van der Waals surface area contributed by atoms with Crippen molar-refractivity contribution in [3.05, 3.63) is 39.9 Å². The summed E-state index contributed by atoms with van der Waals surface area (Å²) in [5.74, 6) is 0. The van der Waals surface area contributed by atoms with Gasteiger partial charge < -0.3 is 5.32 Å². The monoisotopic (exact) mass is 389 g/mol. The number of hydrogen-bond acceptors (Lipinski definition) is 4. The first-order chi connectivity index (χ1) is 10.4. The molecule has 10 heteroatoms. The fourth-order valence-electron chi connectivity index (χ4n) is 2.76. The quantitative estimate of drug-likeness (QED) is 0.615. The van der Waals surface area contributed by atoms with Gasteiger partial charge in [-0.1, -0.05) is 18.2 Å². The van der Waals surface area contributed by atoms with Gasteiger partial charge in [0.1, 0.15) is 0 Å². The molecule has 5 nitrogen and oxygen atoms in total. The van der Waals surface area contributed by atoms with Crippen LogP contribution in [0.5, 0.6) is 0 Å². The Morgan fingerprint density at radius 1 is 1.21 bits per heavy atom. The molecule has 0 saturated carbocycles. The minimum Gasteiger partial charge on any atom is -0.314 e. The topological polar surface area (TPSA) is 58.4 Å². The molecule has 1 heterocycles. The van der Waals surface area contributed by atoms with E-state index in [-0.39, 0.29) is 36.9 Å². The lowest BCUT2D eigenvalue weighted by molar-refractivity contribution is -0.386. The molecule has 1 saturated heterocycles. The minimum absolute atomic E-state index is 0. The van der Waals surface area contributed by atoms with Crippen molar-refractivity contribution in [3.63, 3.8) is 0 Å². The van der Waals surface area contributed by atoms with Crippen molar-refractivity contribution in [2.24, 2.45) is 0 Å². The molecule has 1 aromatic carbocycles. The minimum atomic E-state index is -4.27. The zero-order valence-electron chi connectivity index (χ0n) is 12.8. The van der Waals surface area contributed by atoms with Crippen molar-refractivity contribution < 1.29 is 18.1 Å². The molecule has 2 rings (SSSR count). The fourth-order valence-corrected chi connectivity index (χ4v) is 2.76. The van der Waals surface area contributed by atoms with Crippen LogP contribution in [0.4, 0.5) is 18.9 Å². The summed E-state index contributed by atoms with van der Waals surface area (Å²) in [7, 11) is 0. The Labute approximate surface area is 150 Å². The van der Waals surface area contributed by atoms with E-state index in [2.05, 4.69) is 5.32 Å². The number of alkyl halides is 3. The molecule has 24 heavy (non-hydrogen) atoms. The van der Waals surface area contributed by atoms with Gasteiger partial charge in [0.2, 0.25) is 0 Å². The number of nitro groups is 1. The number of nitrogens with zero attached hydrogens (tertiary/aromatic N) is 2. The van der Waals surface area contributed by atoms with Crippen molar-refractivity contribution in [2.45, 2.75) is 25.1 Å². The Bertz CT molecular complexity index is 526. The third kappa shape index (κ3) is 6.43. The number of benzene rings is 1. The Morgan fingerprint density at radius 3 is 2.33 bits per heavy atom. The van der Waals surface area contributed by atoms with Crippen LogP contribution in [-0.2, 0) is 0 Å². The van der Waals surface area contributed by atoms with Crippen LogP contribution in [0.1, 0.15) is 24.4 Å². The van der Waals surface area contributed by atoms with E-state index in [1.807, 2.05) is 4.90 Å². The summed E-state index contributed by atoms with van der Waals surface area (Å²) >= 11 is 0. The Morgan fingerprint density at radius 2 is 1.79 bits per heavy atom. The first kappa shape index (κ1) is 22.9. The fraction of sp³-hybridized carbons (Fsp3) is 0.571. The standard InChI is InChI=1S/C14H18F3N3O2.2ClH/c15-14(16,17)6-5-12(19-9-7-18-8-10-19)11-3-1-2-4-13(11)20(21)22;;/h1-4,12,18H,5-10H2;2*1H/t12-;;/m1../s1. The summed E-state index contributed by atoms with van der Waals surface area (Å²) in [6.45, 7) is 2.50. The predicted octanol–water partition coefficient (Wildman–Crippen LogP) is 3.73. The van der Waals surface area contributed by atoms with Crippen molar-refractivity contribution in [1.82, 2.24) is 10.2 Å². The summed E-state index contributed by atoms with van der Waals surface area (Å²) in [6.07, 6.45) is -5.39. The van der Waals surface area contributed by atoms with Gasteiger partial charge >= 0.3 is 6.18 Å². The van der Waals surface area contributed by atoms with Gasteiger partial charge in [0.05, 0.1) is 4.92 Å². The maximum Gasteiger partial charge on any atom is 0.389 e. The highest BCUT2D eigenvalue weighted by molar-refractivity contribution is 5.85. The largest absolute Gasteiger partial charge is 0.389 e. The highest BCUT2D eigenvalue weighted by Gasteiger charge is 2.33.